The van der Waals surface area contributed by atoms with Gasteiger partial charge in [0.15, 0.2) is 5.78 Å². The highest BCUT2D eigenvalue weighted by atomic mass is 16.1. The maximum Gasteiger partial charge on any atom is 0.193 e. The normalized spacial score (nSPS) is 10.8. The summed E-state index contributed by atoms with van der Waals surface area (Å²) in [6, 6.07) is 17.7. The molecule has 0 saturated carbocycles. The quantitative estimate of drug-likeness (QED) is 0.272. The van der Waals surface area contributed by atoms with E-state index in [0.717, 1.165) is 17.5 Å². The van der Waals surface area contributed by atoms with Crippen molar-refractivity contribution in [1.29, 1.82) is 0 Å². The Kier molecular flexibility index (Phi) is 9.79. The third-order valence-electron chi connectivity index (χ3n) is 5.04. The molecule has 0 aliphatic carbocycles. The van der Waals surface area contributed by atoms with Crippen LogP contribution in [-0.2, 0) is 6.42 Å². The van der Waals surface area contributed by atoms with E-state index in [2.05, 4.69) is 19.1 Å². The first kappa shape index (κ1) is 20.4. The van der Waals surface area contributed by atoms with Gasteiger partial charge in [-0.3, -0.25) is 4.79 Å². The van der Waals surface area contributed by atoms with Crippen molar-refractivity contribution < 1.29 is 4.79 Å². The van der Waals surface area contributed by atoms with E-state index < -0.39 is 0 Å². The van der Waals surface area contributed by atoms with Gasteiger partial charge in [-0.2, -0.15) is 0 Å². The van der Waals surface area contributed by atoms with E-state index in [1.165, 1.54) is 69.8 Å². The Labute approximate surface area is 159 Å². The molecule has 0 aromatic heterocycles. The van der Waals surface area contributed by atoms with Gasteiger partial charge in [0.1, 0.15) is 0 Å². The summed E-state index contributed by atoms with van der Waals surface area (Å²) in [6.07, 6.45) is 14.7. The molecular weight excluding hydrogens is 316 g/mol. The lowest BCUT2D eigenvalue weighted by atomic mass is 9.98. The Morgan fingerprint density at radius 2 is 1.23 bits per heavy atom. The van der Waals surface area contributed by atoms with E-state index in [-0.39, 0.29) is 5.78 Å². The van der Waals surface area contributed by atoms with Gasteiger partial charge >= 0.3 is 0 Å². The van der Waals surface area contributed by atoms with Crippen LogP contribution in [0.15, 0.2) is 54.6 Å². The third-order valence-corrected chi connectivity index (χ3v) is 5.04. The molecule has 0 radical (unpaired) electrons. The predicted molar refractivity (Wildman–Crippen MR) is 112 cm³/mol. The van der Waals surface area contributed by atoms with Crippen LogP contribution >= 0.6 is 0 Å². The fourth-order valence-electron chi connectivity index (χ4n) is 3.44. The van der Waals surface area contributed by atoms with Crippen LogP contribution in [0.4, 0.5) is 0 Å². The van der Waals surface area contributed by atoms with Gasteiger partial charge in [0.05, 0.1) is 0 Å². The third kappa shape index (κ3) is 7.56. The zero-order valence-electron chi connectivity index (χ0n) is 16.4. The highest BCUT2D eigenvalue weighted by molar-refractivity contribution is 6.09. The summed E-state index contributed by atoms with van der Waals surface area (Å²) < 4.78 is 0. The van der Waals surface area contributed by atoms with Crippen molar-refractivity contribution in [3.63, 3.8) is 0 Å². The van der Waals surface area contributed by atoms with Crippen LogP contribution in [0.2, 0.25) is 0 Å². The molecule has 0 aliphatic heterocycles. The Morgan fingerprint density at radius 3 is 1.88 bits per heavy atom. The van der Waals surface area contributed by atoms with Crippen molar-refractivity contribution in [3.05, 3.63) is 71.3 Å². The van der Waals surface area contributed by atoms with E-state index in [4.69, 9.17) is 0 Å². The molecule has 0 aliphatic rings. The van der Waals surface area contributed by atoms with Gasteiger partial charge in [-0.25, -0.2) is 0 Å². The van der Waals surface area contributed by atoms with Crippen LogP contribution in [0.5, 0.6) is 0 Å². The van der Waals surface area contributed by atoms with Crippen molar-refractivity contribution in [2.45, 2.75) is 77.6 Å². The maximum absolute atomic E-state index is 12.5. The zero-order valence-corrected chi connectivity index (χ0v) is 16.4. The first-order valence-electron chi connectivity index (χ1n) is 10.5. The van der Waals surface area contributed by atoms with E-state index in [1.54, 1.807) is 0 Å². The Bertz CT molecular complexity index is 630. The molecule has 0 N–H and O–H groups in total. The van der Waals surface area contributed by atoms with Gasteiger partial charge in [0, 0.05) is 11.1 Å². The van der Waals surface area contributed by atoms with Gasteiger partial charge in [0.2, 0.25) is 0 Å². The lowest BCUT2D eigenvalue weighted by Crippen LogP contribution is -2.01. The van der Waals surface area contributed by atoms with E-state index in [9.17, 15) is 4.79 Å². The molecule has 26 heavy (non-hydrogen) atoms. The number of aryl methyl sites for hydroxylation is 1. The van der Waals surface area contributed by atoms with Crippen molar-refractivity contribution >= 4 is 5.78 Å². The number of carbonyl (C=O) groups is 1. The van der Waals surface area contributed by atoms with Crippen molar-refractivity contribution in [3.8, 4) is 0 Å². The SMILES string of the molecule is CCCCCCCCCCCCc1cccc(C(=O)c2ccccc2)c1. The maximum atomic E-state index is 12.5. The molecule has 0 spiro atoms. The second-order valence-electron chi connectivity index (χ2n) is 7.33. The first-order chi connectivity index (χ1) is 12.8. The fraction of sp³-hybridized carbons (Fsp3) is 0.480. The molecular formula is C25H34O. The Hall–Kier alpha value is -1.89. The largest absolute Gasteiger partial charge is 0.289 e. The highest BCUT2D eigenvalue weighted by Gasteiger charge is 2.08. The number of carbonyl (C=O) groups excluding carboxylic acids is 1. The monoisotopic (exact) mass is 350 g/mol. The minimum atomic E-state index is 0.121. The molecule has 0 fully saturated rings. The van der Waals surface area contributed by atoms with E-state index in [0.29, 0.717) is 0 Å². The molecule has 1 nitrogen and oxygen atoms in total. The molecule has 140 valence electrons. The molecule has 0 bridgehead atoms. The second kappa shape index (κ2) is 12.5. The summed E-state index contributed by atoms with van der Waals surface area (Å²) in [7, 11) is 0. The number of rotatable bonds is 13. The molecule has 0 atom stereocenters. The molecule has 0 unspecified atom stereocenters. The minimum absolute atomic E-state index is 0.121. The van der Waals surface area contributed by atoms with Gasteiger partial charge < -0.3 is 0 Å². The molecule has 2 aromatic carbocycles. The topological polar surface area (TPSA) is 17.1 Å². The van der Waals surface area contributed by atoms with E-state index >= 15 is 0 Å². The smallest absolute Gasteiger partial charge is 0.193 e. The Morgan fingerprint density at radius 1 is 0.654 bits per heavy atom. The van der Waals surface area contributed by atoms with Gasteiger partial charge in [-0.15, -0.1) is 0 Å². The molecule has 0 saturated heterocycles. The average molecular weight is 351 g/mol. The molecule has 0 heterocycles. The van der Waals surface area contributed by atoms with Crippen LogP contribution < -0.4 is 0 Å². The van der Waals surface area contributed by atoms with Crippen LogP contribution in [0.1, 0.15) is 92.6 Å². The zero-order chi connectivity index (χ0) is 18.5. The van der Waals surface area contributed by atoms with Crippen molar-refractivity contribution in [1.82, 2.24) is 0 Å². The Balaban J connectivity index is 1.65. The summed E-state index contributed by atoms with van der Waals surface area (Å²) in [5.41, 5.74) is 2.86. The van der Waals surface area contributed by atoms with Crippen LogP contribution in [0.3, 0.4) is 0 Å². The lowest BCUT2D eigenvalue weighted by molar-refractivity contribution is 0.103. The number of ketones is 1. The molecule has 0 amide bonds. The molecule has 2 rings (SSSR count). The summed E-state index contributed by atoms with van der Waals surface area (Å²) in [4.78, 5) is 12.5. The number of benzene rings is 2. The lowest BCUT2D eigenvalue weighted by Gasteiger charge is -2.06. The van der Waals surface area contributed by atoms with Gasteiger partial charge in [0.25, 0.3) is 0 Å². The fourth-order valence-corrected chi connectivity index (χ4v) is 3.44. The first-order valence-corrected chi connectivity index (χ1v) is 10.5. The highest BCUT2D eigenvalue weighted by Crippen LogP contribution is 2.15. The minimum Gasteiger partial charge on any atom is -0.289 e. The number of hydrogen-bond acceptors (Lipinski definition) is 1. The van der Waals surface area contributed by atoms with Crippen molar-refractivity contribution in [2.24, 2.45) is 0 Å². The summed E-state index contributed by atoms with van der Waals surface area (Å²) in [5, 5.41) is 0. The standard InChI is InChI=1S/C25H34O/c1-2-3-4-5-6-7-8-9-10-12-16-22-17-15-20-24(21-22)25(26)23-18-13-11-14-19-23/h11,13-15,17-21H,2-10,12,16H2,1H3. The predicted octanol–water partition coefficient (Wildman–Crippen LogP) is 7.38. The summed E-state index contributed by atoms with van der Waals surface area (Å²) in [5.74, 6) is 0.121. The summed E-state index contributed by atoms with van der Waals surface area (Å²) >= 11 is 0. The molecule has 1 heteroatoms. The van der Waals surface area contributed by atoms with Crippen LogP contribution in [0, 0.1) is 0 Å². The molecule has 2 aromatic rings. The average Bonchev–Trinajstić information content (AvgIpc) is 2.70. The van der Waals surface area contributed by atoms with Gasteiger partial charge in [-0.1, -0.05) is 113 Å². The van der Waals surface area contributed by atoms with Gasteiger partial charge in [-0.05, 0) is 24.5 Å². The second-order valence-corrected chi connectivity index (χ2v) is 7.33. The van der Waals surface area contributed by atoms with E-state index in [1.807, 2.05) is 42.5 Å². The number of unbranched alkanes of at least 4 members (excludes halogenated alkanes) is 9. The van der Waals surface area contributed by atoms with Crippen LogP contribution in [-0.4, -0.2) is 5.78 Å². The van der Waals surface area contributed by atoms with Crippen LogP contribution in [0.25, 0.3) is 0 Å². The summed E-state index contributed by atoms with van der Waals surface area (Å²) in [6.45, 7) is 2.27. The number of hydrogen-bond donors (Lipinski definition) is 0. The van der Waals surface area contributed by atoms with Crippen molar-refractivity contribution in [2.75, 3.05) is 0 Å².